The van der Waals surface area contributed by atoms with E-state index in [0.717, 1.165) is 0 Å². The molecule has 1 aromatic carbocycles. The van der Waals surface area contributed by atoms with Crippen LogP contribution in [0.3, 0.4) is 0 Å². The largest absolute Gasteiger partial charge is 0.444 e. The van der Waals surface area contributed by atoms with Crippen molar-refractivity contribution in [2.45, 2.75) is 51.8 Å². The first-order chi connectivity index (χ1) is 12.9. The Kier molecular flexibility index (Phi) is 11.6. The molecule has 166 valence electrons. The fourth-order valence-corrected chi connectivity index (χ4v) is 2.62. The molecular formula is C21H38IN5O2. The lowest BCUT2D eigenvalue weighted by atomic mass is 10.1. The van der Waals surface area contributed by atoms with E-state index in [1.807, 2.05) is 52.8 Å². The third-order valence-electron chi connectivity index (χ3n) is 4.03. The lowest BCUT2D eigenvalue weighted by Crippen LogP contribution is -2.54. The molecule has 1 atom stereocenters. The highest BCUT2D eigenvalue weighted by Gasteiger charge is 2.25. The minimum Gasteiger partial charge on any atom is -0.444 e. The fraction of sp³-hybridized carbons (Fsp3) is 0.619. The molecule has 0 spiro atoms. The third kappa shape index (κ3) is 11.3. The molecule has 0 aliphatic heterocycles. The second-order valence-electron chi connectivity index (χ2n) is 8.71. The number of ether oxygens (including phenoxy) is 1. The molecule has 1 amide bonds. The number of hydrogen-bond acceptors (Lipinski definition) is 4. The van der Waals surface area contributed by atoms with Crippen molar-refractivity contribution in [1.82, 2.24) is 20.9 Å². The number of carbonyl (C=O) groups excluding carboxylic acids is 1. The Balaban J connectivity index is 0.00000784. The van der Waals surface area contributed by atoms with E-state index in [1.165, 1.54) is 5.56 Å². The average Bonchev–Trinajstić information content (AvgIpc) is 2.56. The van der Waals surface area contributed by atoms with Crippen LogP contribution in [0, 0.1) is 0 Å². The van der Waals surface area contributed by atoms with E-state index in [1.54, 1.807) is 7.05 Å². The molecule has 0 bridgehead atoms. The van der Waals surface area contributed by atoms with E-state index < -0.39 is 17.2 Å². The van der Waals surface area contributed by atoms with Gasteiger partial charge in [-0.3, -0.25) is 4.99 Å². The van der Waals surface area contributed by atoms with Gasteiger partial charge in [0.05, 0.1) is 11.6 Å². The summed E-state index contributed by atoms with van der Waals surface area (Å²) in [7, 11) is 5.85. The third-order valence-corrected chi connectivity index (χ3v) is 4.03. The van der Waals surface area contributed by atoms with E-state index >= 15 is 0 Å². The van der Waals surface area contributed by atoms with Gasteiger partial charge >= 0.3 is 6.09 Å². The number of likely N-dealkylation sites (N-methyl/N-ethyl adjacent to an activating group) is 1. The summed E-state index contributed by atoms with van der Waals surface area (Å²) in [5.41, 5.74) is 0.215. The topological polar surface area (TPSA) is 78.0 Å². The Labute approximate surface area is 193 Å². The van der Waals surface area contributed by atoms with Crippen molar-refractivity contribution in [3.05, 3.63) is 35.9 Å². The molecule has 1 rings (SSSR count). The fourth-order valence-electron chi connectivity index (χ4n) is 2.62. The zero-order chi connectivity index (χ0) is 21.4. The molecule has 1 unspecified atom stereocenters. The van der Waals surface area contributed by atoms with Crippen molar-refractivity contribution in [3.8, 4) is 0 Å². The van der Waals surface area contributed by atoms with Gasteiger partial charge in [-0.25, -0.2) is 4.79 Å². The molecule has 0 heterocycles. The SMILES string of the molecule is CN=C(NCC(c1ccccc1)N(C)C)NCC(C)(C)NC(=O)OC(C)(C)C.I. The summed E-state index contributed by atoms with van der Waals surface area (Å²) in [6, 6.07) is 10.6. The van der Waals surface area contributed by atoms with Crippen LogP contribution < -0.4 is 16.0 Å². The van der Waals surface area contributed by atoms with Crippen molar-refractivity contribution in [1.29, 1.82) is 0 Å². The van der Waals surface area contributed by atoms with E-state index in [2.05, 4.69) is 52.1 Å². The molecule has 1 aromatic rings. The normalized spacial score (nSPS) is 13.3. The molecule has 0 radical (unpaired) electrons. The minimum absolute atomic E-state index is 0. The Bertz CT molecular complexity index is 642. The van der Waals surface area contributed by atoms with Crippen LogP contribution in [0.2, 0.25) is 0 Å². The Hall–Kier alpha value is -1.55. The molecule has 0 aliphatic carbocycles. The molecule has 0 saturated carbocycles. The van der Waals surface area contributed by atoms with Crippen molar-refractivity contribution in [2.75, 3.05) is 34.2 Å². The Morgan fingerprint density at radius 2 is 1.69 bits per heavy atom. The maximum atomic E-state index is 12.0. The summed E-state index contributed by atoms with van der Waals surface area (Å²) in [6.45, 7) is 10.6. The minimum atomic E-state index is -0.524. The Morgan fingerprint density at radius 3 is 2.17 bits per heavy atom. The number of nitrogens with one attached hydrogen (secondary N) is 3. The average molecular weight is 519 g/mol. The number of amides is 1. The molecule has 0 saturated heterocycles. The number of hydrogen-bond donors (Lipinski definition) is 3. The van der Waals surface area contributed by atoms with Gasteiger partial charge in [-0.1, -0.05) is 30.3 Å². The van der Waals surface area contributed by atoms with Crippen LogP contribution in [-0.4, -0.2) is 62.3 Å². The summed E-state index contributed by atoms with van der Waals surface area (Å²) in [4.78, 5) is 18.5. The number of rotatable bonds is 7. The quantitative estimate of drug-likeness (QED) is 0.293. The zero-order valence-electron chi connectivity index (χ0n) is 19.0. The van der Waals surface area contributed by atoms with Gasteiger partial charge in [0.1, 0.15) is 5.60 Å². The second-order valence-corrected chi connectivity index (χ2v) is 8.71. The van der Waals surface area contributed by atoms with Crippen LogP contribution in [0.5, 0.6) is 0 Å². The number of halogens is 1. The van der Waals surface area contributed by atoms with E-state index in [-0.39, 0.29) is 30.0 Å². The van der Waals surface area contributed by atoms with Crippen molar-refractivity contribution in [3.63, 3.8) is 0 Å². The van der Waals surface area contributed by atoms with Gasteiger partial charge in [0.2, 0.25) is 0 Å². The number of benzene rings is 1. The van der Waals surface area contributed by atoms with E-state index in [9.17, 15) is 4.79 Å². The monoisotopic (exact) mass is 519 g/mol. The highest BCUT2D eigenvalue weighted by molar-refractivity contribution is 14.0. The zero-order valence-corrected chi connectivity index (χ0v) is 21.3. The first kappa shape index (κ1) is 27.5. The summed E-state index contributed by atoms with van der Waals surface area (Å²) < 4.78 is 5.33. The molecule has 0 aliphatic rings. The van der Waals surface area contributed by atoms with Crippen LogP contribution in [0.1, 0.15) is 46.2 Å². The van der Waals surface area contributed by atoms with Gasteiger partial charge in [0.15, 0.2) is 5.96 Å². The maximum absolute atomic E-state index is 12.0. The molecule has 8 heteroatoms. The van der Waals surface area contributed by atoms with Crippen molar-refractivity contribution >= 4 is 36.0 Å². The summed E-state index contributed by atoms with van der Waals surface area (Å²) in [5.74, 6) is 0.682. The van der Waals surface area contributed by atoms with Crippen LogP contribution in [0.15, 0.2) is 35.3 Å². The summed E-state index contributed by atoms with van der Waals surface area (Å²) in [5, 5.41) is 9.53. The predicted molar refractivity (Wildman–Crippen MR) is 131 cm³/mol. The number of alkyl carbamates (subject to hydrolysis) is 1. The maximum Gasteiger partial charge on any atom is 0.408 e. The number of guanidine groups is 1. The predicted octanol–water partition coefficient (Wildman–Crippen LogP) is 3.38. The van der Waals surface area contributed by atoms with Crippen LogP contribution in [-0.2, 0) is 4.74 Å². The van der Waals surface area contributed by atoms with Gasteiger partial charge in [-0.2, -0.15) is 0 Å². The summed E-state index contributed by atoms with van der Waals surface area (Å²) in [6.07, 6.45) is -0.431. The van der Waals surface area contributed by atoms with E-state index in [0.29, 0.717) is 19.0 Å². The van der Waals surface area contributed by atoms with Gasteiger partial charge in [0, 0.05) is 20.1 Å². The van der Waals surface area contributed by atoms with Crippen LogP contribution >= 0.6 is 24.0 Å². The molecule has 0 aromatic heterocycles. The molecule has 7 nitrogen and oxygen atoms in total. The van der Waals surface area contributed by atoms with Crippen molar-refractivity contribution in [2.24, 2.45) is 4.99 Å². The second kappa shape index (κ2) is 12.2. The molecule has 29 heavy (non-hydrogen) atoms. The molecule has 3 N–H and O–H groups in total. The van der Waals surface area contributed by atoms with Crippen LogP contribution in [0.25, 0.3) is 0 Å². The highest BCUT2D eigenvalue weighted by atomic mass is 127. The standard InChI is InChI=1S/C21H37N5O2.HI/c1-20(2,3)28-19(27)25-21(4,5)15-24-18(22-6)23-14-17(26(7)8)16-12-10-9-11-13-16;/h9-13,17H,14-15H2,1-8H3,(H,25,27)(H2,22,23,24);1H. The highest BCUT2D eigenvalue weighted by Crippen LogP contribution is 2.16. The molecule has 0 fully saturated rings. The number of carbonyl (C=O) groups is 1. The van der Waals surface area contributed by atoms with Crippen LogP contribution in [0.4, 0.5) is 4.79 Å². The Morgan fingerprint density at radius 1 is 1.10 bits per heavy atom. The van der Waals surface area contributed by atoms with Gasteiger partial charge in [0.25, 0.3) is 0 Å². The van der Waals surface area contributed by atoms with Gasteiger partial charge < -0.3 is 25.6 Å². The first-order valence-electron chi connectivity index (χ1n) is 9.60. The number of aliphatic imine (C=N–C) groups is 1. The smallest absolute Gasteiger partial charge is 0.408 e. The lowest BCUT2D eigenvalue weighted by molar-refractivity contribution is 0.0474. The first-order valence-corrected chi connectivity index (χ1v) is 9.60. The van der Waals surface area contributed by atoms with Crippen molar-refractivity contribution < 1.29 is 9.53 Å². The van der Waals surface area contributed by atoms with Gasteiger partial charge in [-0.05, 0) is 54.3 Å². The van der Waals surface area contributed by atoms with E-state index in [4.69, 9.17) is 4.74 Å². The van der Waals surface area contributed by atoms with Gasteiger partial charge in [-0.15, -0.1) is 24.0 Å². The summed E-state index contributed by atoms with van der Waals surface area (Å²) >= 11 is 0. The number of nitrogens with zero attached hydrogens (tertiary/aromatic N) is 2. The lowest BCUT2D eigenvalue weighted by Gasteiger charge is -2.30. The molecular weight excluding hydrogens is 481 g/mol.